The molecular weight excluding hydrogens is 300 g/mol. The first-order chi connectivity index (χ1) is 10.2. The number of aryl methyl sites for hydroxylation is 1. The Labute approximate surface area is 133 Å². The number of anilines is 1. The Morgan fingerprint density at radius 2 is 1.95 bits per heavy atom. The Morgan fingerprint density at radius 1 is 1.14 bits per heavy atom. The molecule has 1 aromatic carbocycles. The van der Waals surface area contributed by atoms with Gasteiger partial charge >= 0.3 is 0 Å². The van der Waals surface area contributed by atoms with Gasteiger partial charge in [0.15, 0.2) is 5.15 Å². The van der Waals surface area contributed by atoms with E-state index in [1.54, 1.807) is 17.5 Å². The molecule has 0 spiro atoms. The van der Waals surface area contributed by atoms with Crippen molar-refractivity contribution < 1.29 is 0 Å². The summed E-state index contributed by atoms with van der Waals surface area (Å²) in [6.07, 6.45) is 1.72. The number of nitrogens with one attached hydrogen (secondary N) is 1. The maximum atomic E-state index is 6.13. The Morgan fingerprint density at radius 3 is 2.71 bits per heavy atom. The molecule has 4 heteroatoms. The number of nitrogens with zero attached hydrogens (tertiary/aromatic N) is 1. The zero-order valence-corrected chi connectivity index (χ0v) is 13.2. The zero-order chi connectivity index (χ0) is 14.7. The lowest BCUT2D eigenvalue weighted by Crippen LogP contribution is -2.01. The van der Waals surface area contributed by atoms with Crippen LogP contribution in [0, 0.1) is 6.92 Å². The Bertz CT molecular complexity index is 717. The van der Waals surface area contributed by atoms with Gasteiger partial charge in [-0.25, -0.2) is 4.98 Å². The molecular formula is C17H15ClN2S. The van der Waals surface area contributed by atoms with Gasteiger partial charge in [-0.3, -0.25) is 0 Å². The minimum Gasteiger partial charge on any atom is -0.377 e. The van der Waals surface area contributed by atoms with E-state index in [-0.39, 0.29) is 0 Å². The first-order valence-corrected chi connectivity index (χ1v) is 7.97. The normalized spacial score (nSPS) is 10.6. The minimum atomic E-state index is 0.523. The molecule has 3 rings (SSSR count). The third-order valence-corrected chi connectivity index (χ3v) is 4.54. The standard InChI is InChI=1S/C17H15ClN2S/c1-12-7-8-19-17(18)16(12)20-10-15-9-14(11-21-15)13-5-3-2-4-6-13/h2-9,11,20H,10H2,1H3. The number of halogens is 1. The number of rotatable bonds is 4. The van der Waals surface area contributed by atoms with Crippen molar-refractivity contribution in [1.82, 2.24) is 4.98 Å². The molecule has 0 fully saturated rings. The van der Waals surface area contributed by atoms with E-state index >= 15 is 0 Å². The van der Waals surface area contributed by atoms with E-state index in [9.17, 15) is 0 Å². The smallest absolute Gasteiger partial charge is 0.152 e. The molecule has 0 unspecified atom stereocenters. The molecule has 2 nitrogen and oxygen atoms in total. The van der Waals surface area contributed by atoms with Crippen LogP contribution in [0.5, 0.6) is 0 Å². The zero-order valence-electron chi connectivity index (χ0n) is 11.6. The van der Waals surface area contributed by atoms with Gasteiger partial charge in [0, 0.05) is 17.6 Å². The van der Waals surface area contributed by atoms with Gasteiger partial charge in [0.25, 0.3) is 0 Å². The molecule has 0 bridgehead atoms. The van der Waals surface area contributed by atoms with Gasteiger partial charge in [-0.1, -0.05) is 41.9 Å². The van der Waals surface area contributed by atoms with Gasteiger partial charge in [-0.2, -0.15) is 0 Å². The number of hydrogen-bond acceptors (Lipinski definition) is 3. The van der Waals surface area contributed by atoms with E-state index in [0.29, 0.717) is 5.15 Å². The van der Waals surface area contributed by atoms with E-state index in [1.807, 2.05) is 19.1 Å². The van der Waals surface area contributed by atoms with E-state index in [4.69, 9.17) is 11.6 Å². The van der Waals surface area contributed by atoms with Gasteiger partial charge in [0.2, 0.25) is 0 Å². The van der Waals surface area contributed by atoms with Gasteiger partial charge in [0.1, 0.15) is 0 Å². The summed E-state index contributed by atoms with van der Waals surface area (Å²) in [5.74, 6) is 0. The van der Waals surface area contributed by atoms with Crippen molar-refractivity contribution in [3.63, 3.8) is 0 Å². The fourth-order valence-electron chi connectivity index (χ4n) is 2.17. The van der Waals surface area contributed by atoms with Crippen LogP contribution in [0.2, 0.25) is 5.15 Å². The molecule has 0 aliphatic carbocycles. The van der Waals surface area contributed by atoms with Crippen molar-refractivity contribution >= 4 is 28.6 Å². The van der Waals surface area contributed by atoms with Crippen LogP contribution < -0.4 is 5.32 Å². The van der Waals surface area contributed by atoms with Gasteiger partial charge < -0.3 is 5.32 Å². The average molecular weight is 315 g/mol. The Balaban J connectivity index is 1.74. The third kappa shape index (κ3) is 3.26. The molecule has 0 aliphatic heterocycles. The largest absolute Gasteiger partial charge is 0.377 e. The molecule has 1 N–H and O–H groups in total. The van der Waals surface area contributed by atoms with Crippen LogP contribution >= 0.6 is 22.9 Å². The molecule has 2 heterocycles. The SMILES string of the molecule is Cc1ccnc(Cl)c1NCc1cc(-c2ccccc2)cs1. The summed E-state index contributed by atoms with van der Waals surface area (Å²) >= 11 is 7.88. The van der Waals surface area contributed by atoms with Crippen molar-refractivity contribution in [1.29, 1.82) is 0 Å². The second-order valence-corrected chi connectivity index (χ2v) is 6.17. The molecule has 106 valence electrons. The minimum absolute atomic E-state index is 0.523. The Kier molecular flexibility index (Phi) is 4.23. The molecule has 21 heavy (non-hydrogen) atoms. The number of benzene rings is 1. The molecule has 2 aromatic heterocycles. The molecule has 3 aromatic rings. The molecule has 0 aliphatic rings. The maximum absolute atomic E-state index is 6.13. The van der Waals surface area contributed by atoms with Gasteiger partial charge in [0.05, 0.1) is 5.69 Å². The van der Waals surface area contributed by atoms with Crippen LogP contribution in [0.1, 0.15) is 10.4 Å². The topological polar surface area (TPSA) is 24.9 Å². The summed E-state index contributed by atoms with van der Waals surface area (Å²) in [5, 5.41) is 6.09. The first-order valence-electron chi connectivity index (χ1n) is 6.72. The number of aromatic nitrogens is 1. The third-order valence-electron chi connectivity index (χ3n) is 3.31. The van der Waals surface area contributed by atoms with Crippen LogP contribution in [0.15, 0.2) is 54.0 Å². The molecule has 0 saturated heterocycles. The van der Waals surface area contributed by atoms with Crippen molar-refractivity contribution in [2.45, 2.75) is 13.5 Å². The van der Waals surface area contributed by atoms with Crippen LogP contribution in [0.3, 0.4) is 0 Å². The van der Waals surface area contributed by atoms with E-state index in [2.05, 4.69) is 46.0 Å². The second-order valence-electron chi connectivity index (χ2n) is 4.81. The van der Waals surface area contributed by atoms with Gasteiger partial charge in [-0.05, 0) is 41.1 Å². The highest BCUT2D eigenvalue weighted by Gasteiger charge is 2.06. The maximum Gasteiger partial charge on any atom is 0.152 e. The van der Waals surface area contributed by atoms with Crippen LogP contribution in [-0.4, -0.2) is 4.98 Å². The number of thiophene rings is 1. The monoisotopic (exact) mass is 314 g/mol. The van der Waals surface area contributed by atoms with E-state index in [1.165, 1.54) is 16.0 Å². The summed E-state index contributed by atoms with van der Waals surface area (Å²) < 4.78 is 0. The van der Waals surface area contributed by atoms with E-state index < -0.39 is 0 Å². The van der Waals surface area contributed by atoms with Crippen LogP contribution in [-0.2, 0) is 6.54 Å². The van der Waals surface area contributed by atoms with Crippen LogP contribution in [0.25, 0.3) is 11.1 Å². The Hall–Kier alpha value is -1.84. The highest BCUT2D eigenvalue weighted by Crippen LogP contribution is 2.28. The predicted octanol–water partition coefficient (Wildman–Crippen LogP) is 5.38. The van der Waals surface area contributed by atoms with E-state index in [0.717, 1.165) is 17.8 Å². The highest BCUT2D eigenvalue weighted by molar-refractivity contribution is 7.10. The summed E-state index contributed by atoms with van der Waals surface area (Å²) in [6.45, 7) is 2.78. The lowest BCUT2D eigenvalue weighted by molar-refractivity contribution is 1.16. The van der Waals surface area contributed by atoms with Crippen molar-refractivity contribution in [3.05, 3.63) is 69.6 Å². The quantitative estimate of drug-likeness (QED) is 0.654. The molecule has 0 radical (unpaired) electrons. The molecule has 0 amide bonds. The second kappa shape index (κ2) is 6.29. The summed E-state index contributed by atoms with van der Waals surface area (Å²) in [6, 6.07) is 14.6. The summed E-state index contributed by atoms with van der Waals surface area (Å²) in [4.78, 5) is 5.38. The molecule has 0 atom stereocenters. The van der Waals surface area contributed by atoms with Crippen molar-refractivity contribution in [2.75, 3.05) is 5.32 Å². The summed E-state index contributed by atoms with van der Waals surface area (Å²) in [5.41, 5.74) is 4.52. The lowest BCUT2D eigenvalue weighted by Gasteiger charge is -2.09. The lowest BCUT2D eigenvalue weighted by atomic mass is 10.1. The number of hydrogen-bond donors (Lipinski definition) is 1. The first kappa shape index (κ1) is 14.1. The van der Waals surface area contributed by atoms with Gasteiger partial charge in [-0.15, -0.1) is 11.3 Å². The summed E-state index contributed by atoms with van der Waals surface area (Å²) in [7, 11) is 0. The van der Waals surface area contributed by atoms with Crippen molar-refractivity contribution in [3.8, 4) is 11.1 Å². The average Bonchev–Trinajstić information content (AvgIpc) is 2.97. The number of pyridine rings is 1. The fraction of sp³-hybridized carbons (Fsp3) is 0.118. The van der Waals surface area contributed by atoms with Crippen molar-refractivity contribution in [2.24, 2.45) is 0 Å². The predicted molar refractivity (Wildman–Crippen MR) is 91.1 cm³/mol. The molecule has 0 saturated carbocycles. The fourth-order valence-corrected chi connectivity index (χ4v) is 3.27. The highest BCUT2D eigenvalue weighted by atomic mass is 35.5. The van der Waals surface area contributed by atoms with Crippen LogP contribution in [0.4, 0.5) is 5.69 Å².